The summed E-state index contributed by atoms with van der Waals surface area (Å²) in [6.07, 6.45) is 1.35. The van der Waals surface area contributed by atoms with Gasteiger partial charge in [-0.2, -0.15) is 9.65 Å². The Morgan fingerprint density at radius 2 is 2.22 bits per heavy atom. The first-order valence-electron chi connectivity index (χ1n) is 5.20. The van der Waals surface area contributed by atoms with Crippen molar-refractivity contribution in [3.63, 3.8) is 0 Å². The van der Waals surface area contributed by atoms with Crippen LogP contribution >= 0.6 is 0 Å². The quantitative estimate of drug-likeness (QED) is 0.842. The molecule has 0 aliphatic carbocycles. The number of rotatable bonds is 3. The molecule has 0 fully saturated rings. The van der Waals surface area contributed by atoms with Gasteiger partial charge in [-0.25, -0.2) is 4.98 Å². The zero-order valence-electron chi connectivity index (χ0n) is 9.64. The largest absolute Gasteiger partial charge is 0.495 e. The minimum atomic E-state index is -0.589. The first-order valence-corrected chi connectivity index (χ1v) is 5.20. The van der Waals surface area contributed by atoms with E-state index < -0.39 is 5.95 Å². The van der Waals surface area contributed by atoms with Crippen LogP contribution in [0.3, 0.4) is 0 Å². The van der Waals surface area contributed by atoms with Gasteiger partial charge in [0, 0.05) is 18.0 Å². The molecule has 0 aliphatic rings. The summed E-state index contributed by atoms with van der Waals surface area (Å²) in [5.41, 5.74) is 1.43. The number of nitrogens with one attached hydrogen (secondary N) is 1. The van der Waals surface area contributed by atoms with Gasteiger partial charge >= 0.3 is 0 Å². The molecular formula is C13H10FN3O. The Labute approximate surface area is 104 Å². The van der Waals surface area contributed by atoms with E-state index in [0.29, 0.717) is 22.7 Å². The molecular weight excluding hydrogens is 233 g/mol. The second-order valence-corrected chi connectivity index (χ2v) is 3.49. The van der Waals surface area contributed by atoms with Gasteiger partial charge in [0.25, 0.3) is 0 Å². The zero-order valence-corrected chi connectivity index (χ0v) is 9.64. The van der Waals surface area contributed by atoms with Crippen molar-refractivity contribution in [1.82, 2.24) is 4.98 Å². The van der Waals surface area contributed by atoms with Crippen LogP contribution in [0.4, 0.5) is 15.8 Å². The Kier molecular flexibility index (Phi) is 3.39. The van der Waals surface area contributed by atoms with Crippen LogP contribution < -0.4 is 10.1 Å². The van der Waals surface area contributed by atoms with Gasteiger partial charge in [0.05, 0.1) is 18.4 Å². The Hall–Kier alpha value is -2.61. The summed E-state index contributed by atoms with van der Waals surface area (Å²) >= 11 is 0. The molecule has 2 rings (SSSR count). The number of methoxy groups -OCH3 is 1. The van der Waals surface area contributed by atoms with Gasteiger partial charge in [0.1, 0.15) is 11.8 Å². The van der Waals surface area contributed by atoms with E-state index in [1.165, 1.54) is 19.4 Å². The number of halogens is 1. The molecule has 2 aromatic rings. The molecule has 18 heavy (non-hydrogen) atoms. The van der Waals surface area contributed by atoms with Crippen LogP contribution in [0.5, 0.6) is 5.75 Å². The van der Waals surface area contributed by atoms with Gasteiger partial charge in [0.15, 0.2) is 0 Å². The number of pyridine rings is 1. The average Bonchev–Trinajstić information content (AvgIpc) is 2.39. The smallest absolute Gasteiger partial charge is 0.214 e. The molecule has 0 aliphatic heterocycles. The molecule has 5 heteroatoms. The molecule has 0 unspecified atom stereocenters. The highest BCUT2D eigenvalue weighted by molar-refractivity contribution is 5.72. The number of para-hydroxylation sites is 1. The number of ether oxygens (including phenoxy) is 1. The van der Waals surface area contributed by atoms with E-state index in [-0.39, 0.29) is 0 Å². The van der Waals surface area contributed by atoms with E-state index in [1.54, 1.807) is 24.3 Å². The van der Waals surface area contributed by atoms with Gasteiger partial charge in [-0.05, 0) is 18.2 Å². The van der Waals surface area contributed by atoms with Crippen molar-refractivity contribution in [1.29, 1.82) is 5.26 Å². The van der Waals surface area contributed by atoms with Crippen LogP contribution in [0, 0.1) is 17.3 Å². The van der Waals surface area contributed by atoms with Crippen molar-refractivity contribution >= 4 is 11.4 Å². The molecule has 4 nitrogen and oxygen atoms in total. The van der Waals surface area contributed by atoms with Crippen LogP contribution in [-0.4, -0.2) is 12.1 Å². The zero-order chi connectivity index (χ0) is 13.0. The maximum Gasteiger partial charge on any atom is 0.214 e. The highest BCUT2D eigenvalue weighted by atomic mass is 19.1. The molecule has 0 amide bonds. The lowest BCUT2D eigenvalue weighted by Crippen LogP contribution is -1.98. The second-order valence-electron chi connectivity index (χ2n) is 3.49. The van der Waals surface area contributed by atoms with Crippen LogP contribution in [-0.2, 0) is 0 Å². The molecule has 0 saturated heterocycles. The van der Waals surface area contributed by atoms with E-state index >= 15 is 0 Å². The Bertz CT molecular complexity index is 607. The molecule has 1 aromatic carbocycles. The Morgan fingerprint density at radius 3 is 2.89 bits per heavy atom. The minimum absolute atomic E-state index is 0.423. The van der Waals surface area contributed by atoms with Gasteiger partial charge < -0.3 is 10.1 Å². The van der Waals surface area contributed by atoms with Crippen molar-refractivity contribution in [2.24, 2.45) is 0 Å². The topological polar surface area (TPSA) is 57.9 Å². The lowest BCUT2D eigenvalue weighted by molar-refractivity contribution is 0.416. The number of aromatic nitrogens is 1. The molecule has 0 spiro atoms. The van der Waals surface area contributed by atoms with E-state index in [0.717, 1.165) is 0 Å². The number of hydrogen-bond donors (Lipinski definition) is 1. The highest BCUT2D eigenvalue weighted by Gasteiger charge is 2.09. The van der Waals surface area contributed by atoms with Gasteiger partial charge in [-0.15, -0.1) is 0 Å². The standard InChI is InChI=1S/C13H10FN3O/c1-18-11-4-2-3-9(8-15)13(11)17-10-5-6-16-12(14)7-10/h2-7H,1H3,(H,16,17). The predicted octanol–water partition coefficient (Wildman–Crippen LogP) is 2.84. The Morgan fingerprint density at radius 1 is 1.39 bits per heavy atom. The third-order valence-corrected chi connectivity index (χ3v) is 2.36. The van der Waals surface area contributed by atoms with Crippen LogP contribution in [0.1, 0.15) is 5.56 Å². The summed E-state index contributed by atoms with van der Waals surface area (Å²) in [6, 6.07) is 10.0. The van der Waals surface area contributed by atoms with E-state index in [1.807, 2.05) is 0 Å². The maximum atomic E-state index is 13.0. The van der Waals surface area contributed by atoms with Crippen LogP contribution in [0.2, 0.25) is 0 Å². The highest BCUT2D eigenvalue weighted by Crippen LogP contribution is 2.30. The molecule has 0 atom stereocenters. The fraction of sp³-hybridized carbons (Fsp3) is 0.0769. The third-order valence-electron chi connectivity index (χ3n) is 2.36. The molecule has 1 heterocycles. The monoisotopic (exact) mass is 243 g/mol. The summed E-state index contributed by atoms with van der Waals surface area (Å²) in [7, 11) is 1.51. The van der Waals surface area contributed by atoms with E-state index in [2.05, 4.69) is 16.4 Å². The number of nitriles is 1. The van der Waals surface area contributed by atoms with Gasteiger partial charge in [-0.1, -0.05) is 6.07 Å². The normalized spacial score (nSPS) is 9.61. The number of anilines is 2. The Balaban J connectivity index is 2.42. The first-order chi connectivity index (χ1) is 8.74. The molecule has 0 radical (unpaired) electrons. The summed E-state index contributed by atoms with van der Waals surface area (Å²) in [4.78, 5) is 3.46. The van der Waals surface area contributed by atoms with Crippen LogP contribution in [0.25, 0.3) is 0 Å². The SMILES string of the molecule is COc1cccc(C#N)c1Nc1ccnc(F)c1. The fourth-order valence-electron chi connectivity index (χ4n) is 1.55. The number of hydrogen-bond acceptors (Lipinski definition) is 4. The predicted molar refractivity (Wildman–Crippen MR) is 65.2 cm³/mol. The first kappa shape index (κ1) is 11.9. The third kappa shape index (κ3) is 2.38. The van der Waals surface area contributed by atoms with Crippen molar-refractivity contribution in [3.05, 3.63) is 48.0 Å². The fourth-order valence-corrected chi connectivity index (χ4v) is 1.55. The lowest BCUT2D eigenvalue weighted by Gasteiger charge is -2.12. The van der Waals surface area contributed by atoms with Crippen molar-refractivity contribution < 1.29 is 9.13 Å². The second kappa shape index (κ2) is 5.15. The molecule has 1 N–H and O–H groups in total. The summed E-state index contributed by atoms with van der Waals surface area (Å²) in [6.45, 7) is 0. The molecule has 1 aromatic heterocycles. The van der Waals surface area contributed by atoms with Crippen molar-refractivity contribution in [2.75, 3.05) is 12.4 Å². The summed E-state index contributed by atoms with van der Waals surface area (Å²) in [5, 5.41) is 12.0. The van der Waals surface area contributed by atoms with Gasteiger partial charge in [-0.3, -0.25) is 0 Å². The summed E-state index contributed by atoms with van der Waals surface area (Å²) < 4.78 is 18.2. The van der Waals surface area contributed by atoms with Crippen molar-refractivity contribution in [2.45, 2.75) is 0 Å². The van der Waals surface area contributed by atoms with E-state index in [9.17, 15) is 4.39 Å². The molecule has 0 saturated carbocycles. The molecule has 0 bridgehead atoms. The van der Waals surface area contributed by atoms with E-state index in [4.69, 9.17) is 10.00 Å². The minimum Gasteiger partial charge on any atom is -0.495 e. The number of nitrogens with zero attached hydrogens (tertiary/aromatic N) is 2. The van der Waals surface area contributed by atoms with Crippen LogP contribution in [0.15, 0.2) is 36.5 Å². The average molecular weight is 243 g/mol. The summed E-state index contributed by atoms with van der Waals surface area (Å²) in [5.74, 6) is -0.0697. The number of benzene rings is 1. The van der Waals surface area contributed by atoms with Gasteiger partial charge in [0.2, 0.25) is 5.95 Å². The molecule has 90 valence electrons. The van der Waals surface area contributed by atoms with Crippen molar-refractivity contribution in [3.8, 4) is 11.8 Å². The lowest BCUT2D eigenvalue weighted by atomic mass is 10.1. The maximum absolute atomic E-state index is 13.0.